The lowest BCUT2D eigenvalue weighted by Gasteiger charge is -2.34. The van der Waals surface area contributed by atoms with Crippen LogP contribution in [0.2, 0.25) is 0 Å². The van der Waals surface area contributed by atoms with Gasteiger partial charge < -0.3 is 15.3 Å². The maximum absolute atomic E-state index is 12.5. The molecule has 1 aliphatic heterocycles. The molecule has 1 atom stereocenters. The molecule has 2 rings (SSSR count). The van der Waals surface area contributed by atoms with E-state index < -0.39 is 11.5 Å². The van der Waals surface area contributed by atoms with Crippen LogP contribution >= 0.6 is 15.9 Å². The number of carbonyl (C=O) groups excluding carboxylic acids is 2. The second-order valence-electron chi connectivity index (χ2n) is 6.95. The Hall–Kier alpha value is -1.89. The average Bonchev–Trinajstić information content (AvgIpc) is 2.62. The third-order valence-electron chi connectivity index (χ3n) is 4.87. The molecule has 0 bridgehead atoms. The Morgan fingerprint density at radius 1 is 1.23 bits per heavy atom. The summed E-state index contributed by atoms with van der Waals surface area (Å²) in [5.74, 6) is -1.56. The van der Waals surface area contributed by atoms with Gasteiger partial charge in [-0.25, -0.2) is 4.79 Å². The topological polar surface area (TPSA) is 86.7 Å². The fourth-order valence-electron chi connectivity index (χ4n) is 3.22. The zero-order valence-corrected chi connectivity index (χ0v) is 16.7. The van der Waals surface area contributed by atoms with Crippen molar-refractivity contribution in [1.82, 2.24) is 10.2 Å². The van der Waals surface area contributed by atoms with Crippen molar-refractivity contribution < 1.29 is 19.5 Å². The predicted octanol–water partition coefficient (Wildman–Crippen LogP) is 3.06. The number of likely N-dealkylation sites (tertiary alicyclic amines) is 1. The Morgan fingerprint density at radius 3 is 2.31 bits per heavy atom. The van der Waals surface area contributed by atoms with Crippen LogP contribution in [0.3, 0.4) is 0 Å². The zero-order valence-electron chi connectivity index (χ0n) is 15.1. The molecule has 1 aromatic carbocycles. The molecule has 0 aromatic heterocycles. The minimum atomic E-state index is -1.24. The standard InChI is InChI=1S/C19H25BrN2O4/c1-3-10-19(2,18(25)26)21-16(23)13-8-11-22(12-9-13)17(24)14-4-6-15(20)7-5-14/h4-7,13H,3,8-12H2,1-2H3,(H,21,23)(H,25,26). The molecule has 1 heterocycles. The van der Waals surface area contributed by atoms with Crippen molar-refractivity contribution >= 4 is 33.7 Å². The zero-order chi connectivity index (χ0) is 19.3. The molecule has 1 fully saturated rings. The fourth-order valence-corrected chi connectivity index (χ4v) is 3.48. The highest BCUT2D eigenvalue weighted by atomic mass is 79.9. The quantitative estimate of drug-likeness (QED) is 0.734. The largest absolute Gasteiger partial charge is 0.480 e. The van der Waals surface area contributed by atoms with Crippen molar-refractivity contribution in [2.24, 2.45) is 5.92 Å². The van der Waals surface area contributed by atoms with Crippen molar-refractivity contribution in [2.45, 2.75) is 45.1 Å². The fraction of sp³-hybridized carbons (Fsp3) is 0.526. The third kappa shape index (κ3) is 4.84. The first-order chi connectivity index (χ1) is 12.3. The number of nitrogens with one attached hydrogen (secondary N) is 1. The molecule has 0 aliphatic carbocycles. The Kier molecular flexibility index (Phi) is 6.81. The molecule has 1 saturated heterocycles. The lowest BCUT2D eigenvalue weighted by atomic mass is 9.91. The maximum Gasteiger partial charge on any atom is 0.329 e. The summed E-state index contributed by atoms with van der Waals surface area (Å²) in [5, 5.41) is 12.1. The molecule has 0 radical (unpaired) electrons. The summed E-state index contributed by atoms with van der Waals surface area (Å²) in [6.07, 6.45) is 2.13. The highest BCUT2D eigenvalue weighted by Gasteiger charge is 2.37. The van der Waals surface area contributed by atoms with Crippen LogP contribution in [0.25, 0.3) is 0 Å². The molecule has 2 amide bonds. The van der Waals surface area contributed by atoms with E-state index in [0.29, 0.717) is 44.3 Å². The van der Waals surface area contributed by atoms with Crippen LogP contribution in [0.15, 0.2) is 28.7 Å². The lowest BCUT2D eigenvalue weighted by Crippen LogP contribution is -2.55. The summed E-state index contributed by atoms with van der Waals surface area (Å²) in [4.78, 5) is 38.2. The van der Waals surface area contributed by atoms with Crippen molar-refractivity contribution in [2.75, 3.05) is 13.1 Å². The number of hydrogen-bond acceptors (Lipinski definition) is 3. The Bertz CT molecular complexity index is 669. The first-order valence-corrected chi connectivity index (χ1v) is 9.66. The van der Waals surface area contributed by atoms with E-state index in [1.54, 1.807) is 24.0 Å². The van der Waals surface area contributed by atoms with Crippen molar-refractivity contribution in [3.63, 3.8) is 0 Å². The lowest BCUT2D eigenvalue weighted by molar-refractivity contribution is -0.148. The van der Waals surface area contributed by atoms with Crippen LogP contribution in [-0.4, -0.2) is 46.4 Å². The van der Waals surface area contributed by atoms with Crippen molar-refractivity contribution in [3.8, 4) is 0 Å². The molecule has 7 heteroatoms. The van der Waals surface area contributed by atoms with Gasteiger partial charge in [-0.05, 0) is 50.5 Å². The maximum atomic E-state index is 12.5. The number of carboxylic acids is 1. The molecular formula is C19H25BrN2O4. The number of piperidine rings is 1. The summed E-state index contributed by atoms with van der Waals surface area (Å²) >= 11 is 3.35. The highest BCUT2D eigenvalue weighted by molar-refractivity contribution is 9.10. The summed E-state index contributed by atoms with van der Waals surface area (Å²) in [6.45, 7) is 4.41. The van der Waals surface area contributed by atoms with Crippen molar-refractivity contribution in [3.05, 3.63) is 34.3 Å². The van der Waals surface area contributed by atoms with E-state index in [9.17, 15) is 19.5 Å². The van der Waals surface area contributed by atoms with Gasteiger partial charge in [-0.1, -0.05) is 29.3 Å². The minimum Gasteiger partial charge on any atom is -0.480 e. The van der Waals surface area contributed by atoms with Gasteiger partial charge in [0, 0.05) is 29.0 Å². The van der Waals surface area contributed by atoms with Gasteiger partial charge in [0.05, 0.1) is 0 Å². The minimum absolute atomic E-state index is 0.0438. The van der Waals surface area contributed by atoms with Gasteiger partial charge in [0.15, 0.2) is 0 Å². The molecule has 26 heavy (non-hydrogen) atoms. The number of halogens is 1. The van der Waals surface area contributed by atoms with E-state index in [1.807, 2.05) is 19.1 Å². The predicted molar refractivity (Wildman–Crippen MR) is 102 cm³/mol. The monoisotopic (exact) mass is 424 g/mol. The average molecular weight is 425 g/mol. The number of carbonyl (C=O) groups is 3. The van der Waals surface area contributed by atoms with Gasteiger partial charge in [0.1, 0.15) is 5.54 Å². The van der Waals surface area contributed by atoms with E-state index in [0.717, 1.165) is 4.47 Å². The Balaban J connectivity index is 1.93. The summed E-state index contributed by atoms with van der Waals surface area (Å²) < 4.78 is 0.915. The normalized spacial score (nSPS) is 17.4. The van der Waals surface area contributed by atoms with E-state index in [1.165, 1.54) is 0 Å². The van der Waals surface area contributed by atoms with Gasteiger partial charge in [-0.3, -0.25) is 9.59 Å². The number of benzene rings is 1. The number of carboxylic acid groups (broad SMARTS) is 1. The number of rotatable bonds is 6. The highest BCUT2D eigenvalue weighted by Crippen LogP contribution is 2.22. The van der Waals surface area contributed by atoms with E-state index in [2.05, 4.69) is 21.2 Å². The Morgan fingerprint density at radius 2 is 1.81 bits per heavy atom. The molecule has 0 saturated carbocycles. The molecule has 1 aromatic rings. The van der Waals surface area contributed by atoms with Crippen LogP contribution < -0.4 is 5.32 Å². The second kappa shape index (κ2) is 8.66. The smallest absolute Gasteiger partial charge is 0.329 e. The van der Waals surface area contributed by atoms with E-state index in [4.69, 9.17) is 0 Å². The van der Waals surface area contributed by atoms with Crippen LogP contribution in [-0.2, 0) is 9.59 Å². The number of hydrogen-bond donors (Lipinski definition) is 2. The van der Waals surface area contributed by atoms with Crippen LogP contribution in [0.4, 0.5) is 0 Å². The molecule has 6 nitrogen and oxygen atoms in total. The van der Waals surface area contributed by atoms with Gasteiger partial charge in [0.25, 0.3) is 5.91 Å². The molecule has 142 valence electrons. The van der Waals surface area contributed by atoms with Crippen LogP contribution in [0.1, 0.15) is 49.9 Å². The summed E-state index contributed by atoms with van der Waals surface area (Å²) in [7, 11) is 0. The van der Waals surface area contributed by atoms with Crippen molar-refractivity contribution in [1.29, 1.82) is 0 Å². The van der Waals surface area contributed by atoms with E-state index in [-0.39, 0.29) is 17.7 Å². The molecular weight excluding hydrogens is 400 g/mol. The number of nitrogens with zero attached hydrogens (tertiary/aromatic N) is 1. The number of amides is 2. The van der Waals surface area contributed by atoms with Gasteiger partial charge in [0.2, 0.25) is 5.91 Å². The SMILES string of the molecule is CCCC(C)(NC(=O)C1CCN(C(=O)c2ccc(Br)cc2)CC1)C(=O)O. The molecule has 1 aliphatic rings. The van der Waals surface area contributed by atoms with Gasteiger partial charge >= 0.3 is 5.97 Å². The van der Waals surface area contributed by atoms with Crippen LogP contribution in [0.5, 0.6) is 0 Å². The number of aliphatic carboxylic acids is 1. The Labute approximate surface area is 162 Å². The third-order valence-corrected chi connectivity index (χ3v) is 5.39. The molecule has 1 unspecified atom stereocenters. The summed E-state index contributed by atoms with van der Waals surface area (Å²) in [5.41, 5.74) is -0.617. The molecule has 2 N–H and O–H groups in total. The summed E-state index contributed by atoms with van der Waals surface area (Å²) in [6, 6.07) is 7.20. The molecule has 0 spiro atoms. The van der Waals surface area contributed by atoms with Gasteiger partial charge in [-0.2, -0.15) is 0 Å². The van der Waals surface area contributed by atoms with Gasteiger partial charge in [-0.15, -0.1) is 0 Å². The first-order valence-electron chi connectivity index (χ1n) is 8.87. The van der Waals surface area contributed by atoms with Crippen LogP contribution in [0, 0.1) is 5.92 Å². The second-order valence-corrected chi connectivity index (χ2v) is 7.87. The van der Waals surface area contributed by atoms with E-state index >= 15 is 0 Å². The first kappa shape index (κ1) is 20.4.